The Hall–Kier alpha value is -0.0800. The smallest absolute Gasteiger partial charge is 0.00931 e. The standard InChI is InChI=1S/C9H20N2/c1-2-9-5-3-7-11(9)8-4-6-10/h9H,2-8,10H2,1H3. The summed E-state index contributed by atoms with van der Waals surface area (Å²) in [7, 11) is 0. The molecule has 1 aliphatic rings. The molecule has 1 heterocycles. The van der Waals surface area contributed by atoms with Crippen molar-refractivity contribution in [1.29, 1.82) is 0 Å². The van der Waals surface area contributed by atoms with Crippen molar-refractivity contribution >= 4 is 0 Å². The highest BCUT2D eigenvalue weighted by Gasteiger charge is 2.21. The zero-order valence-electron chi connectivity index (χ0n) is 7.55. The van der Waals surface area contributed by atoms with E-state index in [1.165, 1.54) is 32.4 Å². The molecule has 0 aromatic rings. The first kappa shape index (κ1) is 9.01. The van der Waals surface area contributed by atoms with Crippen LogP contribution in [0.1, 0.15) is 32.6 Å². The van der Waals surface area contributed by atoms with Crippen LogP contribution in [0.5, 0.6) is 0 Å². The van der Waals surface area contributed by atoms with Gasteiger partial charge in [0, 0.05) is 6.04 Å². The van der Waals surface area contributed by atoms with E-state index in [2.05, 4.69) is 11.8 Å². The SMILES string of the molecule is CCC1CCCN1CCCN. The third-order valence-corrected chi connectivity index (χ3v) is 2.62. The van der Waals surface area contributed by atoms with Crippen molar-refractivity contribution in [2.75, 3.05) is 19.6 Å². The molecule has 2 heteroatoms. The Bertz CT molecular complexity index is 104. The molecule has 1 rings (SSSR count). The molecule has 11 heavy (non-hydrogen) atoms. The fourth-order valence-corrected chi connectivity index (χ4v) is 1.95. The number of hydrogen-bond donors (Lipinski definition) is 1. The van der Waals surface area contributed by atoms with Crippen LogP contribution in [0.2, 0.25) is 0 Å². The summed E-state index contributed by atoms with van der Waals surface area (Å²) in [4.78, 5) is 2.59. The highest BCUT2D eigenvalue weighted by molar-refractivity contribution is 4.77. The monoisotopic (exact) mass is 156 g/mol. The van der Waals surface area contributed by atoms with E-state index in [1.54, 1.807) is 0 Å². The van der Waals surface area contributed by atoms with Crippen LogP contribution in [0.15, 0.2) is 0 Å². The molecule has 1 aliphatic heterocycles. The van der Waals surface area contributed by atoms with Gasteiger partial charge >= 0.3 is 0 Å². The van der Waals surface area contributed by atoms with Gasteiger partial charge in [-0.25, -0.2) is 0 Å². The molecule has 66 valence electrons. The van der Waals surface area contributed by atoms with Crippen molar-refractivity contribution in [3.8, 4) is 0 Å². The topological polar surface area (TPSA) is 29.3 Å². The van der Waals surface area contributed by atoms with Crippen LogP contribution < -0.4 is 5.73 Å². The highest BCUT2D eigenvalue weighted by Crippen LogP contribution is 2.19. The summed E-state index contributed by atoms with van der Waals surface area (Å²) in [5, 5.41) is 0. The maximum absolute atomic E-state index is 5.47. The first-order valence-corrected chi connectivity index (χ1v) is 4.82. The van der Waals surface area contributed by atoms with Crippen LogP contribution in [-0.2, 0) is 0 Å². The van der Waals surface area contributed by atoms with Crippen LogP contribution in [0.3, 0.4) is 0 Å². The van der Waals surface area contributed by atoms with Crippen molar-refractivity contribution in [3.05, 3.63) is 0 Å². The van der Waals surface area contributed by atoms with Gasteiger partial charge in [0.15, 0.2) is 0 Å². The molecule has 0 aromatic carbocycles. The zero-order valence-corrected chi connectivity index (χ0v) is 7.55. The van der Waals surface area contributed by atoms with Crippen LogP contribution >= 0.6 is 0 Å². The summed E-state index contributed by atoms with van der Waals surface area (Å²) in [5.74, 6) is 0. The van der Waals surface area contributed by atoms with E-state index >= 15 is 0 Å². The lowest BCUT2D eigenvalue weighted by Crippen LogP contribution is -2.30. The molecule has 1 atom stereocenters. The minimum absolute atomic E-state index is 0.840. The van der Waals surface area contributed by atoms with Gasteiger partial charge in [-0.15, -0.1) is 0 Å². The van der Waals surface area contributed by atoms with E-state index in [9.17, 15) is 0 Å². The van der Waals surface area contributed by atoms with Gasteiger partial charge in [0.05, 0.1) is 0 Å². The van der Waals surface area contributed by atoms with Crippen molar-refractivity contribution in [2.24, 2.45) is 5.73 Å². The lowest BCUT2D eigenvalue weighted by atomic mass is 10.2. The average Bonchev–Trinajstić information content (AvgIpc) is 2.47. The molecule has 1 fully saturated rings. The summed E-state index contributed by atoms with van der Waals surface area (Å²) in [6, 6.07) is 0.863. The molecule has 0 aromatic heterocycles. The maximum Gasteiger partial charge on any atom is 0.00931 e. The highest BCUT2D eigenvalue weighted by atomic mass is 15.2. The Labute approximate surface area is 69.8 Å². The quantitative estimate of drug-likeness (QED) is 0.663. The number of rotatable bonds is 4. The van der Waals surface area contributed by atoms with Crippen LogP contribution in [0, 0.1) is 0 Å². The predicted octanol–water partition coefficient (Wildman–Crippen LogP) is 1.21. The summed E-state index contributed by atoms with van der Waals surface area (Å²) >= 11 is 0. The van der Waals surface area contributed by atoms with Crippen molar-refractivity contribution < 1.29 is 0 Å². The Kier molecular flexibility index (Phi) is 3.87. The third kappa shape index (κ3) is 2.46. The van der Waals surface area contributed by atoms with Gasteiger partial charge in [0.25, 0.3) is 0 Å². The molecule has 0 spiro atoms. The Morgan fingerprint density at radius 1 is 1.55 bits per heavy atom. The predicted molar refractivity (Wildman–Crippen MR) is 48.6 cm³/mol. The molecule has 1 saturated heterocycles. The summed E-state index contributed by atoms with van der Waals surface area (Å²) in [6.45, 7) is 5.64. The lowest BCUT2D eigenvalue weighted by molar-refractivity contribution is 0.247. The van der Waals surface area contributed by atoms with Crippen LogP contribution in [0.25, 0.3) is 0 Å². The van der Waals surface area contributed by atoms with E-state index in [-0.39, 0.29) is 0 Å². The summed E-state index contributed by atoms with van der Waals surface area (Å²) in [5.41, 5.74) is 5.47. The van der Waals surface area contributed by atoms with Gasteiger partial charge in [-0.05, 0) is 45.3 Å². The number of hydrogen-bond acceptors (Lipinski definition) is 2. The molecule has 2 nitrogen and oxygen atoms in total. The second-order valence-corrected chi connectivity index (χ2v) is 3.38. The Morgan fingerprint density at radius 2 is 2.36 bits per heavy atom. The normalized spacial score (nSPS) is 26.2. The largest absolute Gasteiger partial charge is 0.330 e. The van der Waals surface area contributed by atoms with Crippen molar-refractivity contribution in [2.45, 2.75) is 38.6 Å². The van der Waals surface area contributed by atoms with E-state index in [1.807, 2.05) is 0 Å². The van der Waals surface area contributed by atoms with E-state index in [0.29, 0.717) is 0 Å². The third-order valence-electron chi connectivity index (χ3n) is 2.62. The molecular weight excluding hydrogens is 136 g/mol. The van der Waals surface area contributed by atoms with Crippen molar-refractivity contribution in [3.63, 3.8) is 0 Å². The first-order chi connectivity index (χ1) is 5.38. The summed E-state index contributed by atoms with van der Waals surface area (Å²) < 4.78 is 0. The van der Waals surface area contributed by atoms with Gasteiger partial charge in [0.2, 0.25) is 0 Å². The van der Waals surface area contributed by atoms with E-state index < -0.39 is 0 Å². The molecule has 0 radical (unpaired) electrons. The minimum Gasteiger partial charge on any atom is -0.330 e. The molecule has 1 unspecified atom stereocenters. The van der Waals surface area contributed by atoms with Crippen molar-refractivity contribution in [1.82, 2.24) is 4.90 Å². The second kappa shape index (κ2) is 4.73. The van der Waals surface area contributed by atoms with Gasteiger partial charge in [-0.1, -0.05) is 6.92 Å². The number of nitrogens with two attached hydrogens (primary N) is 1. The van der Waals surface area contributed by atoms with Gasteiger partial charge in [-0.2, -0.15) is 0 Å². The van der Waals surface area contributed by atoms with Crippen LogP contribution in [-0.4, -0.2) is 30.6 Å². The Balaban J connectivity index is 2.20. The number of nitrogens with zero attached hydrogens (tertiary/aromatic N) is 1. The summed E-state index contributed by atoms with van der Waals surface area (Å²) in [6.07, 6.45) is 5.27. The van der Waals surface area contributed by atoms with Gasteiger partial charge < -0.3 is 10.6 Å². The van der Waals surface area contributed by atoms with E-state index in [0.717, 1.165) is 19.0 Å². The Morgan fingerprint density at radius 3 is 3.00 bits per heavy atom. The van der Waals surface area contributed by atoms with Gasteiger partial charge in [0.1, 0.15) is 0 Å². The first-order valence-electron chi connectivity index (χ1n) is 4.82. The maximum atomic E-state index is 5.47. The molecule has 0 amide bonds. The van der Waals surface area contributed by atoms with Gasteiger partial charge in [-0.3, -0.25) is 0 Å². The van der Waals surface area contributed by atoms with E-state index in [4.69, 9.17) is 5.73 Å². The molecular formula is C9H20N2. The lowest BCUT2D eigenvalue weighted by Gasteiger charge is -2.22. The second-order valence-electron chi connectivity index (χ2n) is 3.38. The molecule has 0 aliphatic carbocycles. The zero-order chi connectivity index (χ0) is 8.10. The number of likely N-dealkylation sites (tertiary alicyclic amines) is 1. The fraction of sp³-hybridized carbons (Fsp3) is 1.00. The average molecular weight is 156 g/mol. The fourth-order valence-electron chi connectivity index (χ4n) is 1.95. The molecule has 0 bridgehead atoms. The molecule has 2 N–H and O–H groups in total. The minimum atomic E-state index is 0.840. The molecule has 0 saturated carbocycles. The van der Waals surface area contributed by atoms with Crippen LogP contribution in [0.4, 0.5) is 0 Å².